The van der Waals surface area contributed by atoms with Crippen LogP contribution in [0.5, 0.6) is 0 Å². The van der Waals surface area contributed by atoms with Crippen molar-refractivity contribution in [3.05, 3.63) is 78.0 Å². The molecular weight excluding hydrogens is 437 g/mol. The highest BCUT2D eigenvalue weighted by atomic mass is 32.1. The second-order valence-corrected chi connectivity index (χ2v) is 8.63. The molecule has 0 saturated carbocycles. The standard InChI is InChI=1S/C23H21F3N4OS/c1-23(25,26)17-6-4-13(5-7-17)21(31)18(27)11-29-22-30-12-19(32-22)14-2-3-15-10-28-20(24)9-16(15)8-14/h2-10,12,18,21,31H,11,27H2,1H3,(H,29,30)/t18-,21+/m1/s1. The molecule has 0 aliphatic rings. The second-order valence-electron chi connectivity index (χ2n) is 7.60. The van der Waals surface area contributed by atoms with Crippen molar-refractivity contribution < 1.29 is 18.3 Å². The van der Waals surface area contributed by atoms with Gasteiger partial charge in [0.25, 0.3) is 5.92 Å². The van der Waals surface area contributed by atoms with Crippen LogP contribution >= 0.6 is 11.3 Å². The number of aromatic nitrogens is 2. The lowest BCUT2D eigenvalue weighted by Crippen LogP contribution is -2.35. The van der Waals surface area contributed by atoms with Crippen molar-refractivity contribution in [1.29, 1.82) is 0 Å². The maximum Gasteiger partial charge on any atom is 0.270 e. The number of rotatable bonds is 7. The van der Waals surface area contributed by atoms with Crippen LogP contribution in [0.2, 0.25) is 0 Å². The molecule has 4 aromatic rings. The quantitative estimate of drug-likeness (QED) is 0.336. The van der Waals surface area contributed by atoms with E-state index in [0.717, 1.165) is 28.1 Å². The fourth-order valence-electron chi connectivity index (χ4n) is 3.29. The molecule has 0 aliphatic heterocycles. The number of pyridine rings is 1. The van der Waals surface area contributed by atoms with Gasteiger partial charge in [-0.05, 0) is 22.6 Å². The molecule has 166 valence electrons. The van der Waals surface area contributed by atoms with E-state index in [0.29, 0.717) is 10.7 Å². The molecule has 2 atom stereocenters. The summed E-state index contributed by atoms with van der Waals surface area (Å²) >= 11 is 1.40. The van der Waals surface area contributed by atoms with Gasteiger partial charge in [0.1, 0.15) is 0 Å². The number of hydrogen-bond donors (Lipinski definition) is 3. The number of anilines is 1. The molecule has 32 heavy (non-hydrogen) atoms. The van der Waals surface area contributed by atoms with Crippen LogP contribution in [0.15, 0.2) is 60.9 Å². The number of alkyl halides is 2. The highest BCUT2D eigenvalue weighted by molar-refractivity contribution is 7.18. The third-order valence-corrected chi connectivity index (χ3v) is 6.14. The molecule has 5 nitrogen and oxygen atoms in total. The largest absolute Gasteiger partial charge is 0.387 e. The van der Waals surface area contributed by atoms with Crippen LogP contribution in [0.25, 0.3) is 21.2 Å². The SMILES string of the molecule is CC(F)(F)c1ccc([C@H](O)[C@H](N)CNc2ncc(-c3ccc4cnc(F)cc4c3)s2)cc1. The number of nitrogens with one attached hydrogen (secondary N) is 1. The average Bonchev–Trinajstić information content (AvgIpc) is 3.25. The minimum atomic E-state index is -2.94. The average molecular weight is 459 g/mol. The van der Waals surface area contributed by atoms with Crippen molar-refractivity contribution in [1.82, 2.24) is 9.97 Å². The van der Waals surface area contributed by atoms with Crippen LogP contribution in [0.3, 0.4) is 0 Å². The Morgan fingerprint density at radius 2 is 1.81 bits per heavy atom. The van der Waals surface area contributed by atoms with Gasteiger partial charge in [-0.2, -0.15) is 4.39 Å². The number of thiazole rings is 1. The molecule has 0 bridgehead atoms. The predicted molar refractivity (Wildman–Crippen MR) is 120 cm³/mol. The van der Waals surface area contributed by atoms with Crippen molar-refractivity contribution in [3.63, 3.8) is 0 Å². The molecule has 9 heteroatoms. The van der Waals surface area contributed by atoms with Gasteiger partial charge in [-0.15, -0.1) is 0 Å². The smallest absolute Gasteiger partial charge is 0.270 e. The summed E-state index contributed by atoms with van der Waals surface area (Å²) in [5.74, 6) is -3.47. The number of benzene rings is 2. The molecule has 0 amide bonds. The molecule has 2 heterocycles. The van der Waals surface area contributed by atoms with Gasteiger partial charge >= 0.3 is 0 Å². The lowest BCUT2D eigenvalue weighted by atomic mass is 10.00. The maximum atomic E-state index is 13.4. The van der Waals surface area contributed by atoms with E-state index >= 15 is 0 Å². The highest BCUT2D eigenvalue weighted by Gasteiger charge is 2.25. The minimum absolute atomic E-state index is 0.122. The molecule has 2 aromatic carbocycles. The molecule has 0 aliphatic carbocycles. The number of nitrogens with two attached hydrogens (primary N) is 1. The Morgan fingerprint density at radius 1 is 1.06 bits per heavy atom. The van der Waals surface area contributed by atoms with E-state index in [1.807, 2.05) is 18.2 Å². The summed E-state index contributed by atoms with van der Waals surface area (Å²) in [5, 5.41) is 15.8. The monoisotopic (exact) mass is 458 g/mol. The van der Waals surface area contributed by atoms with Crippen LogP contribution in [0.1, 0.15) is 24.2 Å². The van der Waals surface area contributed by atoms with Gasteiger partial charge in [0.2, 0.25) is 5.95 Å². The molecule has 0 fully saturated rings. The number of hydrogen-bond acceptors (Lipinski definition) is 6. The lowest BCUT2D eigenvalue weighted by molar-refractivity contribution is 0.0174. The fourth-order valence-corrected chi connectivity index (χ4v) is 4.11. The third kappa shape index (κ3) is 4.90. The lowest BCUT2D eigenvalue weighted by Gasteiger charge is -2.20. The molecule has 0 spiro atoms. The zero-order valence-electron chi connectivity index (χ0n) is 17.1. The summed E-state index contributed by atoms with van der Waals surface area (Å²) in [7, 11) is 0. The van der Waals surface area contributed by atoms with E-state index in [9.17, 15) is 18.3 Å². The Hall–Kier alpha value is -3.01. The van der Waals surface area contributed by atoms with Crippen LogP contribution in [0.4, 0.5) is 18.3 Å². The van der Waals surface area contributed by atoms with E-state index < -0.39 is 24.0 Å². The first-order valence-corrected chi connectivity index (χ1v) is 10.7. The van der Waals surface area contributed by atoms with Gasteiger partial charge in [-0.3, -0.25) is 0 Å². The van der Waals surface area contributed by atoms with E-state index in [1.165, 1.54) is 47.9 Å². The first-order valence-electron chi connectivity index (χ1n) is 9.88. The van der Waals surface area contributed by atoms with Gasteiger partial charge in [0.05, 0.1) is 17.0 Å². The van der Waals surface area contributed by atoms with Crippen molar-refractivity contribution in [2.24, 2.45) is 5.73 Å². The zero-order valence-corrected chi connectivity index (χ0v) is 17.9. The Kier molecular flexibility index (Phi) is 6.14. The summed E-state index contributed by atoms with van der Waals surface area (Å²) < 4.78 is 40.1. The van der Waals surface area contributed by atoms with E-state index in [2.05, 4.69) is 15.3 Å². The summed E-state index contributed by atoms with van der Waals surface area (Å²) in [6.45, 7) is 1.05. The summed E-state index contributed by atoms with van der Waals surface area (Å²) in [5.41, 5.74) is 7.33. The normalized spacial score (nSPS) is 13.8. The molecule has 2 aromatic heterocycles. The maximum absolute atomic E-state index is 13.4. The number of nitrogens with zero attached hydrogens (tertiary/aromatic N) is 2. The Morgan fingerprint density at radius 3 is 2.53 bits per heavy atom. The Bertz CT molecular complexity index is 1220. The van der Waals surface area contributed by atoms with Gasteiger partial charge in [0.15, 0.2) is 5.13 Å². The first kappa shape index (κ1) is 22.2. The van der Waals surface area contributed by atoms with Crippen molar-refractivity contribution in [3.8, 4) is 10.4 Å². The fraction of sp³-hybridized carbons (Fsp3) is 0.217. The third-order valence-electron chi connectivity index (χ3n) is 5.13. The van der Waals surface area contributed by atoms with Gasteiger partial charge in [-0.25, -0.2) is 18.7 Å². The second kappa shape index (κ2) is 8.85. The van der Waals surface area contributed by atoms with Crippen LogP contribution in [-0.2, 0) is 5.92 Å². The summed E-state index contributed by atoms with van der Waals surface area (Å²) in [4.78, 5) is 8.87. The molecule has 0 radical (unpaired) electrons. The van der Waals surface area contributed by atoms with Crippen molar-refractivity contribution in [2.45, 2.75) is 25.0 Å². The van der Waals surface area contributed by atoms with Crippen LogP contribution in [-0.4, -0.2) is 27.7 Å². The van der Waals surface area contributed by atoms with Gasteiger partial charge in [-0.1, -0.05) is 47.7 Å². The van der Waals surface area contributed by atoms with Crippen molar-refractivity contribution >= 4 is 27.2 Å². The zero-order chi connectivity index (χ0) is 22.9. The number of aliphatic hydroxyl groups excluding tert-OH is 1. The Labute approximate surface area is 186 Å². The highest BCUT2D eigenvalue weighted by Crippen LogP contribution is 2.32. The van der Waals surface area contributed by atoms with Crippen molar-refractivity contribution in [2.75, 3.05) is 11.9 Å². The Balaban J connectivity index is 1.40. The van der Waals surface area contributed by atoms with Crippen LogP contribution < -0.4 is 11.1 Å². The molecule has 4 N–H and O–H groups in total. The first-order chi connectivity index (χ1) is 15.2. The number of aliphatic hydroxyl groups is 1. The number of halogens is 3. The predicted octanol–water partition coefficient (Wildman–Crippen LogP) is 5.08. The van der Waals surface area contributed by atoms with Gasteiger partial charge < -0.3 is 16.2 Å². The summed E-state index contributed by atoms with van der Waals surface area (Å²) in [6.07, 6.45) is 2.17. The van der Waals surface area contributed by atoms with Gasteiger partial charge in [0, 0.05) is 42.9 Å². The molecule has 0 saturated heterocycles. The van der Waals surface area contributed by atoms with E-state index in [4.69, 9.17) is 5.73 Å². The van der Waals surface area contributed by atoms with E-state index in [1.54, 1.807) is 6.20 Å². The summed E-state index contributed by atoms with van der Waals surface area (Å²) in [6, 6.07) is 11.9. The number of fused-ring (bicyclic) bond motifs is 1. The molecular formula is C23H21F3N4OS. The molecule has 4 rings (SSSR count). The van der Waals surface area contributed by atoms with Crippen LogP contribution in [0, 0.1) is 5.95 Å². The minimum Gasteiger partial charge on any atom is -0.387 e. The molecule has 0 unspecified atom stereocenters. The van der Waals surface area contributed by atoms with E-state index in [-0.39, 0.29) is 12.1 Å². The topological polar surface area (TPSA) is 84.1 Å².